The van der Waals surface area contributed by atoms with Crippen molar-refractivity contribution >= 4 is 5.69 Å². The Morgan fingerprint density at radius 2 is 2.20 bits per heavy atom. The van der Waals surface area contributed by atoms with Gasteiger partial charge in [-0.1, -0.05) is 18.7 Å². The highest BCUT2D eigenvalue weighted by Gasteiger charge is 2.18. The SMILES string of the molecule is C=C(NC)Nc1cccc2c1CN(C)C2. The number of nitrogens with zero attached hydrogens (tertiary/aromatic N) is 1. The van der Waals surface area contributed by atoms with Crippen molar-refractivity contribution in [2.24, 2.45) is 0 Å². The largest absolute Gasteiger partial charge is 0.375 e. The summed E-state index contributed by atoms with van der Waals surface area (Å²) in [7, 11) is 4.00. The van der Waals surface area contributed by atoms with Gasteiger partial charge < -0.3 is 10.6 Å². The molecule has 0 aromatic heterocycles. The smallest absolute Gasteiger partial charge is 0.0954 e. The topological polar surface area (TPSA) is 27.3 Å². The highest BCUT2D eigenvalue weighted by molar-refractivity contribution is 5.58. The van der Waals surface area contributed by atoms with Gasteiger partial charge in [-0.3, -0.25) is 4.90 Å². The lowest BCUT2D eigenvalue weighted by atomic mass is 10.1. The summed E-state index contributed by atoms with van der Waals surface area (Å²) >= 11 is 0. The average molecular weight is 203 g/mol. The Labute approximate surface area is 90.8 Å². The van der Waals surface area contributed by atoms with Crippen molar-refractivity contribution < 1.29 is 0 Å². The van der Waals surface area contributed by atoms with Gasteiger partial charge in [-0.05, 0) is 24.2 Å². The molecule has 0 atom stereocenters. The molecule has 1 heterocycles. The third-order valence-electron chi connectivity index (χ3n) is 2.73. The van der Waals surface area contributed by atoms with Crippen LogP contribution in [0.5, 0.6) is 0 Å². The number of fused-ring (bicyclic) bond motifs is 1. The van der Waals surface area contributed by atoms with Gasteiger partial charge in [0.1, 0.15) is 0 Å². The molecule has 0 radical (unpaired) electrons. The van der Waals surface area contributed by atoms with E-state index in [2.05, 4.69) is 47.4 Å². The van der Waals surface area contributed by atoms with Crippen molar-refractivity contribution in [3.05, 3.63) is 41.7 Å². The van der Waals surface area contributed by atoms with Gasteiger partial charge in [0, 0.05) is 25.8 Å². The van der Waals surface area contributed by atoms with E-state index in [1.54, 1.807) is 0 Å². The second-order valence-electron chi connectivity index (χ2n) is 3.97. The van der Waals surface area contributed by atoms with E-state index in [1.165, 1.54) is 11.1 Å². The van der Waals surface area contributed by atoms with Gasteiger partial charge in [-0.2, -0.15) is 0 Å². The van der Waals surface area contributed by atoms with Crippen LogP contribution in [0, 0.1) is 0 Å². The number of anilines is 1. The Kier molecular flexibility index (Phi) is 2.64. The van der Waals surface area contributed by atoms with Crippen molar-refractivity contribution in [2.45, 2.75) is 13.1 Å². The molecule has 3 nitrogen and oxygen atoms in total. The van der Waals surface area contributed by atoms with Crippen LogP contribution in [0.3, 0.4) is 0 Å². The first-order chi connectivity index (χ1) is 7.20. The predicted molar refractivity (Wildman–Crippen MR) is 63.4 cm³/mol. The maximum Gasteiger partial charge on any atom is 0.0954 e. The lowest BCUT2D eigenvalue weighted by Gasteiger charge is -2.12. The molecule has 1 aromatic rings. The summed E-state index contributed by atoms with van der Waals surface area (Å²) in [5.74, 6) is 0.831. The molecule has 0 saturated carbocycles. The molecule has 1 aliphatic heterocycles. The highest BCUT2D eigenvalue weighted by atomic mass is 15.1. The third-order valence-corrected chi connectivity index (χ3v) is 2.73. The van der Waals surface area contributed by atoms with Gasteiger partial charge >= 0.3 is 0 Å². The van der Waals surface area contributed by atoms with E-state index in [1.807, 2.05) is 7.05 Å². The van der Waals surface area contributed by atoms with Gasteiger partial charge in [0.25, 0.3) is 0 Å². The van der Waals surface area contributed by atoms with E-state index >= 15 is 0 Å². The van der Waals surface area contributed by atoms with Gasteiger partial charge in [-0.25, -0.2) is 0 Å². The first-order valence-electron chi connectivity index (χ1n) is 5.13. The van der Waals surface area contributed by atoms with Gasteiger partial charge in [0.05, 0.1) is 5.82 Å². The fourth-order valence-electron chi connectivity index (χ4n) is 1.93. The summed E-state index contributed by atoms with van der Waals surface area (Å²) in [6.45, 7) is 5.93. The zero-order valence-electron chi connectivity index (χ0n) is 9.30. The fraction of sp³-hybridized carbons (Fsp3) is 0.333. The molecule has 0 unspecified atom stereocenters. The number of hydrogen-bond donors (Lipinski definition) is 2. The summed E-state index contributed by atoms with van der Waals surface area (Å²) in [5, 5.41) is 6.28. The van der Waals surface area contributed by atoms with E-state index in [0.717, 1.165) is 24.6 Å². The Morgan fingerprint density at radius 3 is 2.93 bits per heavy atom. The molecule has 0 fully saturated rings. The third kappa shape index (κ3) is 1.97. The minimum atomic E-state index is 0.831. The van der Waals surface area contributed by atoms with Crippen LogP contribution >= 0.6 is 0 Å². The van der Waals surface area contributed by atoms with Gasteiger partial charge in [0.15, 0.2) is 0 Å². The summed E-state index contributed by atoms with van der Waals surface area (Å²) in [4.78, 5) is 2.30. The van der Waals surface area contributed by atoms with Gasteiger partial charge in [-0.15, -0.1) is 0 Å². The molecule has 0 aliphatic carbocycles. The second kappa shape index (κ2) is 3.95. The van der Waals surface area contributed by atoms with Crippen molar-refractivity contribution in [1.82, 2.24) is 10.2 Å². The molecule has 0 saturated heterocycles. The Bertz CT molecular complexity index is 384. The summed E-state index contributed by atoms with van der Waals surface area (Å²) in [6, 6.07) is 6.37. The molecule has 0 spiro atoms. The highest BCUT2D eigenvalue weighted by Crippen LogP contribution is 2.28. The van der Waals surface area contributed by atoms with E-state index in [9.17, 15) is 0 Å². The van der Waals surface area contributed by atoms with E-state index in [0.29, 0.717) is 0 Å². The first kappa shape index (κ1) is 10.1. The summed E-state index contributed by atoms with van der Waals surface area (Å²) in [5.41, 5.74) is 3.96. The lowest BCUT2D eigenvalue weighted by molar-refractivity contribution is 0.353. The Hall–Kier alpha value is -1.48. The van der Waals surface area contributed by atoms with Crippen LogP contribution in [0.1, 0.15) is 11.1 Å². The molecule has 80 valence electrons. The van der Waals surface area contributed by atoms with Crippen LogP contribution in [0.25, 0.3) is 0 Å². The molecule has 0 amide bonds. The zero-order valence-corrected chi connectivity index (χ0v) is 9.30. The monoisotopic (exact) mass is 203 g/mol. The molecule has 2 rings (SSSR count). The van der Waals surface area contributed by atoms with Crippen molar-refractivity contribution in [3.63, 3.8) is 0 Å². The maximum atomic E-state index is 3.88. The summed E-state index contributed by atoms with van der Waals surface area (Å²) < 4.78 is 0. The molecular formula is C12H17N3. The molecule has 1 aromatic carbocycles. The van der Waals surface area contributed by atoms with Gasteiger partial charge in [0.2, 0.25) is 0 Å². The fourth-order valence-corrected chi connectivity index (χ4v) is 1.93. The van der Waals surface area contributed by atoms with Crippen LogP contribution in [-0.2, 0) is 13.1 Å². The Balaban J connectivity index is 2.26. The predicted octanol–water partition coefficient (Wildman–Crippen LogP) is 1.73. The lowest BCUT2D eigenvalue weighted by Crippen LogP contribution is -2.14. The van der Waals surface area contributed by atoms with Crippen LogP contribution in [0.2, 0.25) is 0 Å². The summed E-state index contributed by atoms with van der Waals surface area (Å²) in [6.07, 6.45) is 0. The average Bonchev–Trinajstić information content (AvgIpc) is 2.59. The number of benzene rings is 1. The second-order valence-corrected chi connectivity index (χ2v) is 3.97. The Morgan fingerprint density at radius 1 is 1.40 bits per heavy atom. The van der Waals surface area contributed by atoms with E-state index in [4.69, 9.17) is 0 Å². The maximum absolute atomic E-state index is 3.88. The molecule has 1 aliphatic rings. The van der Waals surface area contributed by atoms with E-state index < -0.39 is 0 Å². The van der Waals surface area contributed by atoms with Crippen LogP contribution in [0.15, 0.2) is 30.6 Å². The van der Waals surface area contributed by atoms with Crippen LogP contribution in [0.4, 0.5) is 5.69 Å². The van der Waals surface area contributed by atoms with Crippen molar-refractivity contribution in [2.75, 3.05) is 19.4 Å². The molecule has 2 N–H and O–H groups in total. The minimum Gasteiger partial charge on any atom is -0.375 e. The van der Waals surface area contributed by atoms with Crippen LogP contribution < -0.4 is 10.6 Å². The minimum absolute atomic E-state index is 0.831. The number of rotatable bonds is 3. The number of hydrogen-bond acceptors (Lipinski definition) is 3. The van der Waals surface area contributed by atoms with Crippen molar-refractivity contribution in [1.29, 1.82) is 0 Å². The quantitative estimate of drug-likeness (QED) is 0.783. The van der Waals surface area contributed by atoms with E-state index in [-0.39, 0.29) is 0 Å². The normalized spacial score (nSPS) is 14.8. The molecule has 3 heteroatoms. The first-order valence-corrected chi connectivity index (χ1v) is 5.13. The molecular weight excluding hydrogens is 186 g/mol. The van der Waals surface area contributed by atoms with Crippen molar-refractivity contribution in [3.8, 4) is 0 Å². The van der Waals surface area contributed by atoms with Crippen LogP contribution in [-0.4, -0.2) is 19.0 Å². The molecule has 0 bridgehead atoms. The number of nitrogens with one attached hydrogen (secondary N) is 2. The zero-order chi connectivity index (χ0) is 10.8. The molecule has 15 heavy (non-hydrogen) atoms. The standard InChI is InChI=1S/C12H17N3/c1-9(13-2)14-12-6-4-5-10-7-15(3)8-11(10)12/h4-6,13-14H,1,7-8H2,2-3H3.